The third-order valence-corrected chi connectivity index (χ3v) is 3.08. The minimum atomic E-state index is 0.809. The van der Waals surface area contributed by atoms with E-state index in [1.807, 2.05) is 0 Å². The molecule has 0 saturated carbocycles. The van der Waals surface area contributed by atoms with Gasteiger partial charge < -0.3 is 5.73 Å². The maximum atomic E-state index is 5.50. The number of hydrogen-bond donors (Lipinski definition) is 1. The SMILES string of the molecule is CN1C2CC1CN(CCN)C2. The Kier molecular flexibility index (Phi) is 1.87. The lowest BCUT2D eigenvalue weighted by Gasteiger charge is -2.54. The lowest BCUT2D eigenvalue weighted by atomic mass is 9.88. The summed E-state index contributed by atoms with van der Waals surface area (Å²) in [5, 5.41) is 0. The number of nitrogens with two attached hydrogens (primary N) is 1. The van der Waals surface area contributed by atoms with Gasteiger partial charge in [-0.2, -0.15) is 0 Å². The molecule has 0 radical (unpaired) electrons. The molecule has 3 heterocycles. The predicted molar refractivity (Wildman–Crippen MR) is 45.5 cm³/mol. The molecule has 64 valence electrons. The second kappa shape index (κ2) is 2.73. The second-order valence-corrected chi connectivity index (χ2v) is 3.76. The molecule has 11 heavy (non-hydrogen) atoms. The van der Waals surface area contributed by atoms with Gasteiger partial charge in [-0.1, -0.05) is 0 Å². The molecule has 2 unspecified atom stereocenters. The van der Waals surface area contributed by atoms with Crippen LogP contribution in [0.1, 0.15) is 6.42 Å². The largest absolute Gasteiger partial charge is 0.329 e. The van der Waals surface area contributed by atoms with Gasteiger partial charge in [-0.25, -0.2) is 0 Å². The molecule has 3 heteroatoms. The van der Waals surface area contributed by atoms with Crippen LogP contribution in [-0.2, 0) is 0 Å². The van der Waals surface area contributed by atoms with E-state index in [-0.39, 0.29) is 0 Å². The number of rotatable bonds is 2. The average Bonchev–Trinajstić information content (AvgIpc) is 2.05. The summed E-state index contributed by atoms with van der Waals surface area (Å²) in [7, 11) is 2.23. The molecule has 3 aliphatic heterocycles. The number of piperidine rings is 1. The highest BCUT2D eigenvalue weighted by Gasteiger charge is 2.41. The maximum Gasteiger partial charge on any atom is 0.0239 e. The Morgan fingerprint density at radius 3 is 2.45 bits per heavy atom. The fourth-order valence-corrected chi connectivity index (χ4v) is 2.25. The van der Waals surface area contributed by atoms with E-state index in [2.05, 4.69) is 16.8 Å². The Labute approximate surface area is 68.1 Å². The van der Waals surface area contributed by atoms with E-state index in [0.29, 0.717) is 0 Å². The van der Waals surface area contributed by atoms with Gasteiger partial charge in [0.05, 0.1) is 0 Å². The predicted octanol–water partition coefficient (Wildman–Crippen LogP) is -0.667. The summed E-state index contributed by atoms with van der Waals surface area (Å²) >= 11 is 0. The van der Waals surface area contributed by atoms with Crippen molar-refractivity contribution in [1.29, 1.82) is 0 Å². The highest BCUT2D eigenvalue weighted by molar-refractivity contribution is 4.98. The normalized spacial score (nSPS) is 38.7. The molecule has 0 aromatic heterocycles. The van der Waals surface area contributed by atoms with Crippen LogP contribution in [0.5, 0.6) is 0 Å². The highest BCUT2D eigenvalue weighted by Crippen LogP contribution is 2.29. The molecule has 3 nitrogen and oxygen atoms in total. The van der Waals surface area contributed by atoms with E-state index >= 15 is 0 Å². The Bertz CT molecular complexity index is 136. The highest BCUT2D eigenvalue weighted by atomic mass is 15.3. The van der Waals surface area contributed by atoms with Crippen LogP contribution >= 0.6 is 0 Å². The zero-order chi connectivity index (χ0) is 7.84. The molecular weight excluding hydrogens is 138 g/mol. The zero-order valence-corrected chi connectivity index (χ0v) is 7.16. The summed E-state index contributed by atoms with van der Waals surface area (Å²) in [4.78, 5) is 4.98. The quantitative estimate of drug-likeness (QED) is 0.574. The standard InChI is InChI=1S/C8H17N3/c1-10-7-4-8(10)6-11(5-7)3-2-9/h7-8H,2-6,9H2,1H3. The Balaban J connectivity index is 1.84. The molecule has 0 aromatic rings. The van der Waals surface area contributed by atoms with Gasteiger partial charge in [-0.3, -0.25) is 9.80 Å². The molecule has 2 N–H and O–H groups in total. The summed E-state index contributed by atoms with van der Waals surface area (Å²) in [5.74, 6) is 0. The first-order valence-electron chi connectivity index (χ1n) is 4.45. The Morgan fingerprint density at radius 1 is 1.36 bits per heavy atom. The molecule has 0 aliphatic carbocycles. The first kappa shape index (κ1) is 7.53. The van der Waals surface area contributed by atoms with Gasteiger partial charge in [0.15, 0.2) is 0 Å². The fourth-order valence-electron chi connectivity index (χ4n) is 2.25. The van der Waals surface area contributed by atoms with E-state index in [4.69, 9.17) is 5.73 Å². The van der Waals surface area contributed by atoms with Crippen LogP contribution in [0.25, 0.3) is 0 Å². The third kappa shape index (κ3) is 1.17. The van der Waals surface area contributed by atoms with Crippen LogP contribution in [0.3, 0.4) is 0 Å². The van der Waals surface area contributed by atoms with Gasteiger partial charge in [0.2, 0.25) is 0 Å². The first-order chi connectivity index (χ1) is 5.31. The summed E-state index contributed by atoms with van der Waals surface area (Å²) < 4.78 is 0. The summed E-state index contributed by atoms with van der Waals surface area (Å²) in [6, 6.07) is 1.67. The Morgan fingerprint density at radius 2 is 2.00 bits per heavy atom. The van der Waals surface area contributed by atoms with Crippen molar-refractivity contribution >= 4 is 0 Å². The van der Waals surface area contributed by atoms with Crippen molar-refractivity contribution in [2.45, 2.75) is 18.5 Å². The van der Waals surface area contributed by atoms with Crippen molar-refractivity contribution in [3.63, 3.8) is 0 Å². The van der Waals surface area contributed by atoms with Crippen molar-refractivity contribution in [3.8, 4) is 0 Å². The molecule has 2 bridgehead atoms. The molecule has 3 aliphatic rings. The molecule has 0 amide bonds. The minimum absolute atomic E-state index is 0.809. The number of likely N-dealkylation sites (N-methyl/N-ethyl adjacent to an activating group) is 1. The van der Waals surface area contributed by atoms with E-state index < -0.39 is 0 Å². The molecule has 3 saturated heterocycles. The first-order valence-corrected chi connectivity index (χ1v) is 4.45. The van der Waals surface area contributed by atoms with E-state index in [1.54, 1.807) is 0 Å². The Hall–Kier alpha value is -0.120. The van der Waals surface area contributed by atoms with Crippen LogP contribution in [0, 0.1) is 0 Å². The van der Waals surface area contributed by atoms with Crippen LogP contribution in [0.2, 0.25) is 0 Å². The molecule has 3 rings (SSSR count). The van der Waals surface area contributed by atoms with Crippen molar-refractivity contribution in [3.05, 3.63) is 0 Å². The van der Waals surface area contributed by atoms with Gasteiger partial charge in [-0.05, 0) is 13.5 Å². The fraction of sp³-hybridized carbons (Fsp3) is 1.00. The van der Waals surface area contributed by atoms with E-state index in [0.717, 1.165) is 25.2 Å². The minimum Gasteiger partial charge on any atom is -0.329 e. The van der Waals surface area contributed by atoms with Crippen molar-refractivity contribution in [1.82, 2.24) is 9.80 Å². The van der Waals surface area contributed by atoms with Crippen LogP contribution in [0.4, 0.5) is 0 Å². The molecular formula is C8H17N3. The molecule has 2 atom stereocenters. The van der Waals surface area contributed by atoms with Crippen LogP contribution < -0.4 is 5.73 Å². The van der Waals surface area contributed by atoms with E-state index in [1.165, 1.54) is 19.5 Å². The molecule has 3 fully saturated rings. The molecule has 0 spiro atoms. The van der Waals surface area contributed by atoms with Crippen molar-refractivity contribution in [2.75, 3.05) is 33.2 Å². The van der Waals surface area contributed by atoms with Crippen molar-refractivity contribution < 1.29 is 0 Å². The lowest BCUT2D eigenvalue weighted by Crippen LogP contribution is -2.67. The lowest BCUT2D eigenvalue weighted by molar-refractivity contribution is -0.0490. The second-order valence-electron chi connectivity index (χ2n) is 3.76. The van der Waals surface area contributed by atoms with Gasteiger partial charge >= 0.3 is 0 Å². The van der Waals surface area contributed by atoms with Gasteiger partial charge in [0, 0.05) is 38.3 Å². The van der Waals surface area contributed by atoms with E-state index in [9.17, 15) is 0 Å². The van der Waals surface area contributed by atoms with Crippen molar-refractivity contribution in [2.24, 2.45) is 5.73 Å². The summed E-state index contributed by atoms with van der Waals surface area (Å²) in [6.07, 6.45) is 1.41. The monoisotopic (exact) mass is 155 g/mol. The zero-order valence-electron chi connectivity index (χ0n) is 7.16. The van der Waals surface area contributed by atoms with Crippen LogP contribution in [0.15, 0.2) is 0 Å². The number of piperazine rings is 1. The summed E-state index contributed by atoms with van der Waals surface area (Å²) in [5.41, 5.74) is 5.50. The number of nitrogens with zero attached hydrogens (tertiary/aromatic N) is 2. The van der Waals surface area contributed by atoms with Crippen LogP contribution in [-0.4, -0.2) is 55.1 Å². The maximum absolute atomic E-state index is 5.50. The topological polar surface area (TPSA) is 32.5 Å². The molecule has 0 aromatic carbocycles. The van der Waals surface area contributed by atoms with Gasteiger partial charge in [-0.15, -0.1) is 0 Å². The van der Waals surface area contributed by atoms with Gasteiger partial charge in [0.25, 0.3) is 0 Å². The average molecular weight is 155 g/mol. The summed E-state index contributed by atoms with van der Waals surface area (Å²) in [6.45, 7) is 4.37. The number of fused-ring (bicyclic) bond motifs is 2. The third-order valence-electron chi connectivity index (χ3n) is 3.08. The van der Waals surface area contributed by atoms with Gasteiger partial charge in [0.1, 0.15) is 0 Å². The smallest absolute Gasteiger partial charge is 0.0239 e. The number of hydrogen-bond acceptors (Lipinski definition) is 3.